The van der Waals surface area contributed by atoms with E-state index in [-0.39, 0.29) is 0 Å². The number of aromatic nitrogens is 2. The van der Waals surface area contributed by atoms with Gasteiger partial charge in [0.25, 0.3) is 0 Å². The summed E-state index contributed by atoms with van der Waals surface area (Å²) in [6, 6.07) is 20.3. The third kappa shape index (κ3) is 4.12. The molecule has 124 valence electrons. The van der Waals surface area contributed by atoms with E-state index >= 15 is 0 Å². The summed E-state index contributed by atoms with van der Waals surface area (Å²) in [5.74, 6) is 0.729. The van der Waals surface area contributed by atoms with Crippen LogP contribution in [0.3, 0.4) is 0 Å². The number of allylic oxidation sites excluding steroid dienone is 4. The zero-order chi connectivity index (χ0) is 17.6. The fourth-order valence-corrected chi connectivity index (χ4v) is 2.85. The summed E-state index contributed by atoms with van der Waals surface area (Å²) >= 11 is 3.48. The molecular formula is C22H19BrN2. The van der Waals surface area contributed by atoms with E-state index in [0.717, 1.165) is 38.4 Å². The van der Waals surface area contributed by atoms with Gasteiger partial charge in [-0.3, -0.25) is 0 Å². The fraction of sp³-hybridized carbons (Fsp3) is 0.0909. The van der Waals surface area contributed by atoms with Gasteiger partial charge in [-0.05, 0) is 37.6 Å². The Morgan fingerprint density at radius 2 is 1.60 bits per heavy atom. The molecule has 0 bridgehead atoms. The minimum absolute atomic E-state index is 0.729. The molecule has 2 aromatic carbocycles. The second kappa shape index (κ2) is 8.04. The van der Waals surface area contributed by atoms with Gasteiger partial charge in [-0.2, -0.15) is 0 Å². The van der Waals surface area contributed by atoms with Gasteiger partial charge in [0, 0.05) is 15.6 Å². The molecule has 25 heavy (non-hydrogen) atoms. The summed E-state index contributed by atoms with van der Waals surface area (Å²) in [5, 5.41) is 0. The van der Waals surface area contributed by atoms with Crippen LogP contribution >= 0.6 is 15.9 Å². The molecule has 0 saturated heterocycles. The molecule has 0 aliphatic carbocycles. The summed E-state index contributed by atoms with van der Waals surface area (Å²) in [6.07, 6.45) is 6.17. The number of nitrogens with zero attached hydrogens (tertiary/aromatic N) is 2. The minimum atomic E-state index is 0.729. The molecule has 0 saturated carbocycles. The quantitative estimate of drug-likeness (QED) is 0.471. The van der Waals surface area contributed by atoms with Crippen molar-refractivity contribution < 1.29 is 0 Å². The maximum atomic E-state index is 4.80. The lowest BCUT2D eigenvalue weighted by atomic mass is 10.1. The number of benzene rings is 2. The summed E-state index contributed by atoms with van der Waals surface area (Å²) < 4.78 is 1.04. The molecule has 3 rings (SSSR count). The van der Waals surface area contributed by atoms with Gasteiger partial charge >= 0.3 is 0 Å². The normalized spacial score (nSPS) is 11.9. The van der Waals surface area contributed by atoms with Gasteiger partial charge in [0.1, 0.15) is 0 Å². The molecule has 0 aliphatic heterocycles. The topological polar surface area (TPSA) is 25.8 Å². The number of rotatable bonds is 4. The Bertz CT molecular complexity index is 911. The lowest BCUT2D eigenvalue weighted by molar-refractivity contribution is 1.16. The smallest absolute Gasteiger partial charge is 0.160 e. The van der Waals surface area contributed by atoms with E-state index in [1.54, 1.807) is 0 Å². The zero-order valence-electron chi connectivity index (χ0n) is 14.3. The van der Waals surface area contributed by atoms with E-state index in [2.05, 4.69) is 40.2 Å². The minimum Gasteiger partial charge on any atom is -0.228 e. The molecule has 0 atom stereocenters. The van der Waals surface area contributed by atoms with E-state index in [4.69, 9.17) is 9.97 Å². The van der Waals surface area contributed by atoms with Crippen molar-refractivity contribution in [1.82, 2.24) is 9.97 Å². The van der Waals surface area contributed by atoms with Crippen LogP contribution in [0.25, 0.3) is 28.2 Å². The van der Waals surface area contributed by atoms with Crippen LogP contribution in [0.1, 0.15) is 19.5 Å². The van der Waals surface area contributed by atoms with Crippen molar-refractivity contribution >= 4 is 21.5 Å². The van der Waals surface area contributed by atoms with Gasteiger partial charge in [0.05, 0.1) is 11.4 Å². The maximum absolute atomic E-state index is 4.80. The molecule has 0 radical (unpaired) electrons. The van der Waals surface area contributed by atoms with Crippen molar-refractivity contribution in [3.63, 3.8) is 0 Å². The first kappa shape index (κ1) is 17.3. The van der Waals surface area contributed by atoms with Gasteiger partial charge < -0.3 is 0 Å². The van der Waals surface area contributed by atoms with Crippen molar-refractivity contribution in [2.75, 3.05) is 0 Å². The highest BCUT2D eigenvalue weighted by atomic mass is 79.9. The maximum Gasteiger partial charge on any atom is 0.160 e. The third-order valence-electron chi connectivity index (χ3n) is 3.85. The van der Waals surface area contributed by atoms with Crippen LogP contribution < -0.4 is 0 Å². The van der Waals surface area contributed by atoms with Crippen LogP contribution in [0.15, 0.2) is 83.4 Å². The van der Waals surface area contributed by atoms with Gasteiger partial charge in [0.15, 0.2) is 5.82 Å². The predicted molar refractivity (Wildman–Crippen MR) is 109 cm³/mol. The molecule has 0 fully saturated rings. The summed E-state index contributed by atoms with van der Waals surface area (Å²) in [7, 11) is 0. The van der Waals surface area contributed by atoms with Gasteiger partial charge in [0.2, 0.25) is 0 Å². The Labute approximate surface area is 157 Å². The van der Waals surface area contributed by atoms with Crippen LogP contribution in [-0.2, 0) is 0 Å². The zero-order valence-corrected chi connectivity index (χ0v) is 15.9. The third-order valence-corrected chi connectivity index (χ3v) is 4.38. The van der Waals surface area contributed by atoms with E-state index in [1.807, 2.05) is 68.5 Å². The van der Waals surface area contributed by atoms with Crippen LogP contribution in [0.5, 0.6) is 0 Å². The molecule has 3 heteroatoms. The summed E-state index contributed by atoms with van der Waals surface area (Å²) in [4.78, 5) is 9.61. The highest BCUT2D eigenvalue weighted by molar-refractivity contribution is 9.10. The number of hydrogen-bond donors (Lipinski definition) is 0. The van der Waals surface area contributed by atoms with Crippen LogP contribution in [0.4, 0.5) is 0 Å². The lowest BCUT2D eigenvalue weighted by Crippen LogP contribution is -1.97. The fourth-order valence-electron chi connectivity index (χ4n) is 2.59. The van der Waals surface area contributed by atoms with Crippen molar-refractivity contribution in [2.45, 2.75) is 13.8 Å². The Kier molecular flexibility index (Phi) is 5.56. The highest BCUT2D eigenvalue weighted by Gasteiger charge is 2.10. The molecule has 1 heterocycles. The van der Waals surface area contributed by atoms with Crippen molar-refractivity contribution in [3.05, 3.63) is 89.1 Å². The average Bonchev–Trinajstić information content (AvgIpc) is 2.67. The summed E-state index contributed by atoms with van der Waals surface area (Å²) in [5.41, 5.74) is 5.01. The van der Waals surface area contributed by atoms with E-state index < -0.39 is 0 Å². The van der Waals surface area contributed by atoms with E-state index in [0.29, 0.717) is 0 Å². The highest BCUT2D eigenvalue weighted by Crippen LogP contribution is 2.26. The number of halogens is 1. The van der Waals surface area contributed by atoms with Gasteiger partial charge in [-0.1, -0.05) is 76.6 Å². The molecule has 0 spiro atoms. The van der Waals surface area contributed by atoms with Crippen LogP contribution in [0.2, 0.25) is 0 Å². The molecule has 3 aromatic rings. The second-order valence-electron chi connectivity index (χ2n) is 5.58. The Morgan fingerprint density at radius 1 is 0.880 bits per heavy atom. The second-order valence-corrected chi connectivity index (χ2v) is 6.49. The van der Waals surface area contributed by atoms with Crippen molar-refractivity contribution in [1.29, 1.82) is 0 Å². The Morgan fingerprint density at radius 3 is 2.24 bits per heavy atom. The summed E-state index contributed by atoms with van der Waals surface area (Å²) in [6.45, 7) is 4.04. The molecular weight excluding hydrogens is 372 g/mol. The predicted octanol–water partition coefficient (Wildman–Crippen LogP) is 6.55. The standard InChI is InChI=1S/C22H19BrN2/c1-3-8-16(4-2)20-15-21(17-9-6-5-7-10-17)25-22(24-20)18-11-13-19(23)14-12-18/h3-15H,1-2H3/b8-3-,16-4+. The molecule has 0 unspecified atom stereocenters. The molecule has 0 N–H and O–H groups in total. The van der Waals surface area contributed by atoms with E-state index in [9.17, 15) is 0 Å². The van der Waals surface area contributed by atoms with Gasteiger partial charge in [-0.25, -0.2) is 9.97 Å². The number of hydrogen-bond acceptors (Lipinski definition) is 2. The molecule has 0 aliphatic rings. The van der Waals surface area contributed by atoms with Crippen molar-refractivity contribution in [2.24, 2.45) is 0 Å². The molecule has 0 amide bonds. The van der Waals surface area contributed by atoms with E-state index in [1.165, 1.54) is 0 Å². The van der Waals surface area contributed by atoms with Crippen molar-refractivity contribution in [3.8, 4) is 22.6 Å². The largest absolute Gasteiger partial charge is 0.228 e. The Balaban J connectivity index is 2.19. The SMILES string of the molecule is C/C=C\C(=C/C)c1cc(-c2ccccc2)nc(-c2ccc(Br)cc2)n1. The Hall–Kier alpha value is -2.52. The van der Waals surface area contributed by atoms with Crippen LogP contribution in [0, 0.1) is 0 Å². The average molecular weight is 391 g/mol. The first-order valence-corrected chi connectivity index (χ1v) is 9.00. The van der Waals surface area contributed by atoms with Gasteiger partial charge in [-0.15, -0.1) is 0 Å². The molecule has 2 nitrogen and oxygen atoms in total. The first-order valence-electron chi connectivity index (χ1n) is 8.21. The molecule has 1 aromatic heterocycles. The monoisotopic (exact) mass is 390 g/mol. The lowest BCUT2D eigenvalue weighted by Gasteiger charge is -2.10. The van der Waals surface area contributed by atoms with Crippen LogP contribution in [-0.4, -0.2) is 9.97 Å². The first-order chi connectivity index (χ1) is 12.2.